The van der Waals surface area contributed by atoms with Crippen molar-refractivity contribution in [3.63, 3.8) is 0 Å². The summed E-state index contributed by atoms with van der Waals surface area (Å²) < 4.78 is 0. The SMILES string of the molecule is C/C=C\C1c2ccc(C)cc2C(C)(C)C1CC. The summed E-state index contributed by atoms with van der Waals surface area (Å²) in [6, 6.07) is 6.98. The van der Waals surface area contributed by atoms with Crippen LogP contribution in [0.1, 0.15) is 56.7 Å². The van der Waals surface area contributed by atoms with Crippen LogP contribution in [0.3, 0.4) is 0 Å². The van der Waals surface area contributed by atoms with Crippen LogP contribution >= 0.6 is 0 Å². The van der Waals surface area contributed by atoms with Gasteiger partial charge in [-0.2, -0.15) is 0 Å². The van der Waals surface area contributed by atoms with Gasteiger partial charge in [-0.05, 0) is 36.3 Å². The zero-order chi connectivity index (χ0) is 12.6. The third-order valence-electron chi connectivity index (χ3n) is 4.46. The second-order valence-corrected chi connectivity index (χ2v) is 5.88. The number of rotatable bonds is 2. The maximum absolute atomic E-state index is 2.41. The van der Waals surface area contributed by atoms with E-state index in [1.54, 1.807) is 11.1 Å². The fourth-order valence-corrected chi connectivity index (χ4v) is 3.59. The fourth-order valence-electron chi connectivity index (χ4n) is 3.59. The number of allylic oxidation sites excluding steroid dienone is 2. The molecule has 0 amide bonds. The number of hydrogen-bond acceptors (Lipinski definition) is 0. The predicted octanol–water partition coefficient (Wildman–Crippen LogP) is 4.97. The molecule has 2 unspecified atom stereocenters. The van der Waals surface area contributed by atoms with Crippen molar-refractivity contribution in [2.24, 2.45) is 5.92 Å². The van der Waals surface area contributed by atoms with Crippen LogP contribution in [0.25, 0.3) is 0 Å². The molecule has 0 N–H and O–H groups in total. The summed E-state index contributed by atoms with van der Waals surface area (Å²) in [7, 11) is 0. The Morgan fingerprint density at radius 2 is 2.00 bits per heavy atom. The highest BCUT2D eigenvalue weighted by atomic mass is 14.5. The molecule has 1 aliphatic carbocycles. The van der Waals surface area contributed by atoms with Crippen molar-refractivity contribution in [2.45, 2.75) is 52.4 Å². The molecule has 1 aromatic carbocycles. The molecule has 0 radical (unpaired) electrons. The van der Waals surface area contributed by atoms with Gasteiger partial charge in [0.15, 0.2) is 0 Å². The number of hydrogen-bond donors (Lipinski definition) is 0. The second-order valence-electron chi connectivity index (χ2n) is 5.88. The van der Waals surface area contributed by atoms with Crippen molar-refractivity contribution in [3.8, 4) is 0 Å². The minimum absolute atomic E-state index is 0.306. The molecule has 0 heteroatoms. The first-order chi connectivity index (χ1) is 8.02. The molecule has 0 nitrogen and oxygen atoms in total. The Bertz CT molecular complexity index is 437. The summed E-state index contributed by atoms with van der Waals surface area (Å²) >= 11 is 0. The molecular formula is C17H24. The molecule has 0 fully saturated rings. The topological polar surface area (TPSA) is 0 Å². The Labute approximate surface area is 106 Å². The largest absolute Gasteiger partial charge is 0.0910 e. The van der Waals surface area contributed by atoms with Crippen LogP contribution in [0.5, 0.6) is 0 Å². The van der Waals surface area contributed by atoms with E-state index in [1.165, 1.54) is 12.0 Å². The maximum atomic E-state index is 2.41. The van der Waals surface area contributed by atoms with E-state index in [2.05, 4.69) is 65.0 Å². The average molecular weight is 228 g/mol. The molecule has 0 aliphatic heterocycles. The normalized spacial score (nSPS) is 26.4. The molecule has 2 atom stereocenters. The number of benzene rings is 1. The fraction of sp³-hybridized carbons (Fsp3) is 0.529. The van der Waals surface area contributed by atoms with Gasteiger partial charge < -0.3 is 0 Å². The molecule has 1 aliphatic rings. The van der Waals surface area contributed by atoms with Gasteiger partial charge in [0.05, 0.1) is 0 Å². The van der Waals surface area contributed by atoms with Crippen LogP contribution in [0.2, 0.25) is 0 Å². The highest BCUT2D eigenvalue weighted by Crippen LogP contribution is 2.52. The summed E-state index contributed by atoms with van der Waals surface area (Å²) in [5.41, 5.74) is 4.80. The lowest BCUT2D eigenvalue weighted by Crippen LogP contribution is -2.25. The predicted molar refractivity (Wildman–Crippen MR) is 75.5 cm³/mol. The van der Waals surface area contributed by atoms with Crippen LogP contribution in [0, 0.1) is 12.8 Å². The van der Waals surface area contributed by atoms with Crippen molar-refractivity contribution >= 4 is 0 Å². The van der Waals surface area contributed by atoms with Crippen molar-refractivity contribution in [3.05, 3.63) is 47.0 Å². The van der Waals surface area contributed by atoms with E-state index in [1.807, 2.05) is 0 Å². The van der Waals surface area contributed by atoms with Crippen molar-refractivity contribution in [1.29, 1.82) is 0 Å². The smallest absolute Gasteiger partial charge is 0.00572 e. The van der Waals surface area contributed by atoms with Crippen LogP contribution in [-0.2, 0) is 5.41 Å². The number of fused-ring (bicyclic) bond motifs is 1. The van der Waals surface area contributed by atoms with E-state index in [4.69, 9.17) is 0 Å². The van der Waals surface area contributed by atoms with E-state index < -0.39 is 0 Å². The molecular weight excluding hydrogens is 204 g/mol. The summed E-state index contributed by atoms with van der Waals surface area (Å²) in [4.78, 5) is 0. The molecule has 0 aromatic heterocycles. The van der Waals surface area contributed by atoms with Gasteiger partial charge in [0.25, 0.3) is 0 Å². The Balaban J connectivity index is 2.59. The van der Waals surface area contributed by atoms with Gasteiger partial charge in [-0.1, -0.05) is 63.1 Å². The second kappa shape index (κ2) is 4.33. The highest BCUT2D eigenvalue weighted by molar-refractivity contribution is 5.47. The maximum Gasteiger partial charge on any atom is 0.00572 e. The third kappa shape index (κ3) is 1.84. The standard InChI is InChI=1S/C17H24/c1-6-8-13-14-10-9-12(3)11-16(14)17(4,5)15(13)7-2/h6,8-11,13,15H,7H2,1-5H3/b8-6-. The van der Waals surface area contributed by atoms with Gasteiger partial charge in [-0.3, -0.25) is 0 Å². The quantitative estimate of drug-likeness (QED) is 0.627. The number of aryl methyl sites for hydroxylation is 1. The summed E-state index contributed by atoms with van der Waals surface area (Å²) in [5, 5.41) is 0. The van der Waals surface area contributed by atoms with Gasteiger partial charge in [-0.25, -0.2) is 0 Å². The lowest BCUT2D eigenvalue weighted by molar-refractivity contribution is 0.318. The average Bonchev–Trinajstić information content (AvgIpc) is 2.48. The molecule has 0 bridgehead atoms. The van der Waals surface area contributed by atoms with E-state index in [0.717, 1.165) is 5.92 Å². The molecule has 92 valence electrons. The highest BCUT2D eigenvalue weighted by Gasteiger charge is 2.43. The monoisotopic (exact) mass is 228 g/mol. The van der Waals surface area contributed by atoms with Crippen LogP contribution in [0.4, 0.5) is 0 Å². The van der Waals surface area contributed by atoms with Crippen molar-refractivity contribution in [1.82, 2.24) is 0 Å². The van der Waals surface area contributed by atoms with Gasteiger partial charge in [0, 0.05) is 5.92 Å². The van der Waals surface area contributed by atoms with Crippen LogP contribution in [-0.4, -0.2) is 0 Å². The van der Waals surface area contributed by atoms with E-state index in [0.29, 0.717) is 11.3 Å². The Hall–Kier alpha value is -1.04. The molecule has 2 rings (SSSR count). The minimum atomic E-state index is 0.306. The molecule has 17 heavy (non-hydrogen) atoms. The molecule has 0 saturated carbocycles. The van der Waals surface area contributed by atoms with Crippen molar-refractivity contribution < 1.29 is 0 Å². The zero-order valence-electron chi connectivity index (χ0n) is 11.7. The summed E-state index contributed by atoms with van der Waals surface area (Å²) in [6.07, 6.45) is 5.84. The Morgan fingerprint density at radius 3 is 2.59 bits per heavy atom. The van der Waals surface area contributed by atoms with Crippen molar-refractivity contribution in [2.75, 3.05) is 0 Å². The van der Waals surface area contributed by atoms with Gasteiger partial charge >= 0.3 is 0 Å². The van der Waals surface area contributed by atoms with Gasteiger partial charge in [-0.15, -0.1) is 0 Å². The molecule has 0 spiro atoms. The molecule has 0 heterocycles. The van der Waals surface area contributed by atoms with Gasteiger partial charge in [0.1, 0.15) is 0 Å². The molecule has 0 saturated heterocycles. The van der Waals surface area contributed by atoms with E-state index in [-0.39, 0.29) is 0 Å². The Kier molecular flexibility index (Phi) is 3.16. The first kappa shape index (κ1) is 12.4. The third-order valence-corrected chi connectivity index (χ3v) is 4.46. The molecule has 1 aromatic rings. The van der Waals surface area contributed by atoms with E-state index in [9.17, 15) is 0 Å². The summed E-state index contributed by atoms with van der Waals surface area (Å²) in [6.45, 7) is 11.5. The first-order valence-corrected chi connectivity index (χ1v) is 6.76. The van der Waals surface area contributed by atoms with Crippen LogP contribution < -0.4 is 0 Å². The zero-order valence-corrected chi connectivity index (χ0v) is 11.7. The summed E-state index contributed by atoms with van der Waals surface area (Å²) in [5.74, 6) is 1.34. The van der Waals surface area contributed by atoms with Gasteiger partial charge in [0.2, 0.25) is 0 Å². The Morgan fingerprint density at radius 1 is 1.29 bits per heavy atom. The first-order valence-electron chi connectivity index (χ1n) is 6.76. The lowest BCUT2D eigenvalue weighted by atomic mass is 9.74. The lowest BCUT2D eigenvalue weighted by Gasteiger charge is -2.29. The minimum Gasteiger partial charge on any atom is -0.0910 e. The van der Waals surface area contributed by atoms with E-state index >= 15 is 0 Å². The van der Waals surface area contributed by atoms with Crippen LogP contribution in [0.15, 0.2) is 30.4 Å².